The molecule has 1 N–H and O–H groups in total. The predicted octanol–water partition coefficient (Wildman–Crippen LogP) is 2.87. The number of hydrogen-bond donors (Lipinski definition) is 1. The van der Waals surface area contributed by atoms with E-state index in [1.165, 1.54) is 25.0 Å². The van der Waals surface area contributed by atoms with E-state index in [4.69, 9.17) is 0 Å². The molecule has 104 valence electrons. The summed E-state index contributed by atoms with van der Waals surface area (Å²) < 4.78 is 26.8. The van der Waals surface area contributed by atoms with Crippen LogP contribution >= 0.6 is 0 Å². The largest absolute Gasteiger partial charge is 0.387 e. The van der Waals surface area contributed by atoms with Crippen molar-refractivity contribution in [2.24, 2.45) is 5.92 Å². The third kappa shape index (κ3) is 3.12. The monoisotopic (exact) mass is 267 g/mol. The van der Waals surface area contributed by atoms with Crippen LogP contribution in [-0.2, 0) is 0 Å². The molecule has 1 aromatic rings. The lowest BCUT2D eigenvalue weighted by molar-refractivity contribution is 0.102. The molecule has 0 radical (unpaired) electrons. The normalized spacial score (nSPS) is 20.8. The highest BCUT2D eigenvalue weighted by Crippen LogP contribution is 2.36. The molecule has 4 heteroatoms. The molecule has 0 heterocycles. The van der Waals surface area contributed by atoms with Crippen molar-refractivity contribution in [2.75, 3.05) is 13.1 Å². The number of nitrogens with zero attached hydrogens (tertiary/aromatic N) is 1. The van der Waals surface area contributed by atoms with Crippen molar-refractivity contribution < 1.29 is 13.9 Å². The third-order valence-electron chi connectivity index (χ3n) is 4.00. The van der Waals surface area contributed by atoms with Crippen molar-refractivity contribution in [2.45, 2.75) is 37.8 Å². The Balaban J connectivity index is 1.68. The van der Waals surface area contributed by atoms with Crippen LogP contribution in [0.4, 0.5) is 8.78 Å². The van der Waals surface area contributed by atoms with Gasteiger partial charge in [-0.1, -0.05) is 12.1 Å². The van der Waals surface area contributed by atoms with Crippen molar-refractivity contribution in [1.29, 1.82) is 0 Å². The van der Waals surface area contributed by atoms with E-state index >= 15 is 0 Å². The van der Waals surface area contributed by atoms with Gasteiger partial charge in [0.05, 0.1) is 6.10 Å². The van der Waals surface area contributed by atoms with Gasteiger partial charge in [0.15, 0.2) is 11.6 Å². The molecule has 2 fully saturated rings. The van der Waals surface area contributed by atoms with Crippen molar-refractivity contribution in [3.05, 3.63) is 35.4 Å². The highest BCUT2D eigenvalue weighted by molar-refractivity contribution is 5.21. The minimum absolute atomic E-state index is 0.0708. The molecular formula is C15H19F2NO. The summed E-state index contributed by atoms with van der Waals surface area (Å²) in [5.74, 6) is -1.07. The molecule has 19 heavy (non-hydrogen) atoms. The first-order valence-corrected chi connectivity index (χ1v) is 7.01. The molecule has 3 rings (SSSR count). The maximum Gasteiger partial charge on any atom is 0.164 e. The average Bonchev–Trinajstić information content (AvgIpc) is 3.25. The molecule has 1 atom stereocenters. The fourth-order valence-corrected chi connectivity index (χ4v) is 2.54. The molecular weight excluding hydrogens is 248 g/mol. The van der Waals surface area contributed by atoms with E-state index in [0.717, 1.165) is 31.4 Å². The van der Waals surface area contributed by atoms with E-state index in [-0.39, 0.29) is 5.56 Å². The third-order valence-corrected chi connectivity index (χ3v) is 4.00. The molecule has 0 bridgehead atoms. The summed E-state index contributed by atoms with van der Waals surface area (Å²) in [6.07, 6.45) is 3.88. The first-order chi connectivity index (χ1) is 9.15. The van der Waals surface area contributed by atoms with Gasteiger partial charge >= 0.3 is 0 Å². The fraction of sp³-hybridized carbons (Fsp3) is 0.600. The lowest BCUT2D eigenvalue weighted by Gasteiger charge is -2.25. The zero-order valence-corrected chi connectivity index (χ0v) is 10.9. The van der Waals surface area contributed by atoms with Crippen LogP contribution < -0.4 is 0 Å². The van der Waals surface area contributed by atoms with Gasteiger partial charge in [0.25, 0.3) is 0 Å². The summed E-state index contributed by atoms with van der Waals surface area (Å²) in [4.78, 5) is 2.24. The van der Waals surface area contributed by atoms with Gasteiger partial charge in [-0.25, -0.2) is 8.78 Å². The summed E-state index contributed by atoms with van der Waals surface area (Å²) in [7, 11) is 0. The van der Waals surface area contributed by atoms with Gasteiger partial charge in [0, 0.05) is 24.7 Å². The fourth-order valence-electron chi connectivity index (χ4n) is 2.54. The molecule has 2 nitrogen and oxygen atoms in total. The Morgan fingerprint density at radius 3 is 2.58 bits per heavy atom. The van der Waals surface area contributed by atoms with Gasteiger partial charge in [0.2, 0.25) is 0 Å². The summed E-state index contributed by atoms with van der Waals surface area (Å²) >= 11 is 0. The minimum Gasteiger partial charge on any atom is -0.387 e. The zero-order valence-electron chi connectivity index (χ0n) is 10.9. The summed E-state index contributed by atoms with van der Waals surface area (Å²) in [6.45, 7) is 1.39. The first-order valence-electron chi connectivity index (χ1n) is 7.01. The molecule has 0 aromatic heterocycles. The topological polar surface area (TPSA) is 23.5 Å². The number of rotatable bonds is 6. The van der Waals surface area contributed by atoms with Crippen LogP contribution in [0.15, 0.2) is 18.2 Å². The Morgan fingerprint density at radius 2 is 1.95 bits per heavy atom. The molecule has 2 aliphatic rings. The standard InChI is InChI=1S/C15H19F2NO/c16-13-3-1-2-12(15(13)17)14(19)9-18(11-6-7-11)8-10-4-5-10/h1-3,10-11,14,19H,4-9H2. The molecule has 0 aliphatic heterocycles. The van der Waals surface area contributed by atoms with Gasteiger partial charge in [-0.15, -0.1) is 0 Å². The van der Waals surface area contributed by atoms with Gasteiger partial charge in [-0.05, 0) is 37.7 Å². The predicted molar refractivity (Wildman–Crippen MR) is 68.6 cm³/mol. The van der Waals surface area contributed by atoms with E-state index in [1.54, 1.807) is 0 Å². The highest BCUT2D eigenvalue weighted by Gasteiger charge is 2.35. The van der Waals surface area contributed by atoms with Crippen molar-refractivity contribution in [3.8, 4) is 0 Å². The van der Waals surface area contributed by atoms with Crippen LogP contribution in [0, 0.1) is 17.6 Å². The second-order valence-corrected chi connectivity index (χ2v) is 5.79. The van der Waals surface area contributed by atoms with Crippen LogP contribution in [0.5, 0.6) is 0 Å². The molecule has 0 spiro atoms. The lowest BCUT2D eigenvalue weighted by atomic mass is 10.1. The van der Waals surface area contributed by atoms with Crippen LogP contribution in [0.2, 0.25) is 0 Å². The molecule has 1 aromatic carbocycles. The molecule has 2 saturated carbocycles. The van der Waals surface area contributed by atoms with Crippen LogP contribution in [-0.4, -0.2) is 29.1 Å². The second-order valence-electron chi connectivity index (χ2n) is 5.79. The van der Waals surface area contributed by atoms with Crippen molar-refractivity contribution >= 4 is 0 Å². The second kappa shape index (κ2) is 5.17. The number of benzene rings is 1. The SMILES string of the molecule is OC(CN(CC1CC1)C1CC1)c1cccc(F)c1F. The number of aliphatic hydroxyl groups excluding tert-OH is 1. The van der Waals surface area contributed by atoms with E-state index in [9.17, 15) is 13.9 Å². The summed E-state index contributed by atoms with van der Waals surface area (Å²) in [5, 5.41) is 10.2. The van der Waals surface area contributed by atoms with Crippen molar-refractivity contribution in [3.63, 3.8) is 0 Å². The van der Waals surface area contributed by atoms with Gasteiger partial charge in [-0.2, -0.15) is 0 Å². The van der Waals surface area contributed by atoms with Gasteiger partial charge in [0.1, 0.15) is 0 Å². The van der Waals surface area contributed by atoms with E-state index in [0.29, 0.717) is 12.6 Å². The summed E-state index contributed by atoms with van der Waals surface area (Å²) in [5.41, 5.74) is 0.0708. The van der Waals surface area contributed by atoms with E-state index < -0.39 is 17.7 Å². The quantitative estimate of drug-likeness (QED) is 0.856. The maximum absolute atomic E-state index is 13.6. The Hall–Kier alpha value is -1.00. The Morgan fingerprint density at radius 1 is 1.21 bits per heavy atom. The van der Waals surface area contributed by atoms with Crippen LogP contribution in [0.1, 0.15) is 37.4 Å². The zero-order chi connectivity index (χ0) is 13.4. The summed E-state index contributed by atoms with van der Waals surface area (Å²) in [6, 6.07) is 4.52. The van der Waals surface area contributed by atoms with Gasteiger partial charge < -0.3 is 5.11 Å². The molecule has 1 unspecified atom stereocenters. The number of hydrogen-bond acceptors (Lipinski definition) is 2. The van der Waals surface area contributed by atoms with Crippen LogP contribution in [0.3, 0.4) is 0 Å². The smallest absolute Gasteiger partial charge is 0.164 e. The van der Waals surface area contributed by atoms with Crippen LogP contribution in [0.25, 0.3) is 0 Å². The van der Waals surface area contributed by atoms with E-state index in [2.05, 4.69) is 4.90 Å². The first kappa shape index (κ1) is 13.0. The van der Waals surface area contributed by atoms with Crippen molar-refractivity contribution in [1.82, 2.24) is 4.90 Å². The number of aliphatic hydroxyl groups is 1. The molecule has 0 saturated heterocycles. The minimum atomic E-state index is -0.949. The lowest BCUT2D eigenvalue weighted by Crippen LogP contribution is -2.33. The van der Waals surface area contributed by atoms with E-state index in [1.807, 2.05) is 0 Å². The number of halogens is 2. The average molecular weight is 267 g/mol. The Labute approximate surface area is 112 Å². The molecule has 0 amide bonds. The highest BCUT2D eigenvalue weighted by atomic mass is 19.2. The molecule has 2 aliphatic carbocycles. The Kier molecular flexibility index (Phi) is 3.54. The van der Waals surface area contributed by atoms with Gasteiger partial charge in [-0.3, -0.25) is 4.90 Å². The Bertz CT molecular complexity index is 457. The maximum atomic E-state index is 13.6.